The SMILES string of the molecule is OCc1ccc(N2CCC(c3cc(Cl)c(Cl)c(Cl)c3)(C(F)(F)F)C2)cc1Br.[N-]=[N+]=NCc1ccc(N2CCC(c3cc(Cl)c(Cl)c(Cl)c3)(C(F)(F)F)C2)cc1Br.[N-]=[N+]=NP(=O)(Oc1ccccc1)Oc1ccccc1. The third-order valence-electron chi connectivity index (χ3n) is 12.1. The van der Waals surface area contributed by atoms with Gasteiger partial charge in [0.1, 0.15) is 22.3 Å². The average molecular weight is 1310 g/mol. The van der Waals surface area contributed by atoms with Gasteiger partial charge in [0.05, 0.1) is 43.3 Å². The average Bonchev–Trinajstić information content (AvgIpc) is 4.04. The highest BCUT2D eigenvalue weighted by atomic mass is 79.9. The van der Waals surface area contributed by atoms with E-state index in [1.807, 2.05) is 0 Å². The van der Waals surface area contributed by atoms with Gasteiger partial charge in [-0.1, -0.05) is 155 Å². The number of anilines is 2. The smallest absolute Gasteiger partial charge is 0.411 e. The van der Waals surface area contributed by atoms with E-state index in [1.165, 1.54) is 24.3 Å². The van der Waals surface area contributed by atoms with Crippen LogP contribution in [-0.4, -0.2) is 43.6 Å². The number of nitrogens with zero attached hydrogens (tertiary/aromatic N) is 8. The minimum atomic E-state index is -4.51. The molecule has 2 aliphatic rings. The van der Waals surface area contributed by atoms with E-state index in [0.717, 1.165) is 5.56 Å². The van der Waals surface area contributed by atoms with Gasteiger partial charge in [-0.05, 0) is 119 Å². The maximum absolute atomic E-state index is 14.2. The molecule has 2 fully saturated rings. The number of para-hydroxylation sites is 2. The first-order chi connectivity index (χ1) is 35.4. The molecule has 1 N–H and O–H groups in total. The molecule has 2 unspecified atom stereocenters. The molecule has 12 nitrogen and oxygen atoms in total. The van der Waals surface area contributed by atoms with Gasteiger partial charge >= 0.3 is 20.1 Å². The monoisotopic (exact) mass is 1300 g/mol. The van der Waals surface area contributed by atoms with Crippen molar-refractivity contribution in [2.24, 2.45) is 10.00 Å². The molecule has 75 heavy (non-hydrogen) atoms. The van der Waals surface area contributed by atoms with Crippen LogP contribution in [0.2, 0.25) is 30.1 Å². The summed E-state index contributed by atoms with van der Waals surface area (Å²) in [6.07, 6.45) is -9.29. The topological polar surface area (TPSA) is 160 Å². The summed E-state index contributed by atoms with van der Waals surface area (Å²) in [6.45, 7) is -0.162. The van der Waals surface area contributed by atoms with Crippen LogP contribution in [0.1, 0.15) is 35.1 Å². The highest BCUT2D eigenvalue weighted by Crippen LogP contribution is 2.53. The summed E-state index contributed by atoms with van der Waals surface area (Å²) in [5.74, 6) is 0.600. The fraction of sp³-hybridized carbons (Fsp3) is 0.250. The van der Waals surface area contributed by atoms with Crippen LogP contribution in [0, 0.1) is 0 Å². The lowest BCUT2D eigenvalue weighted by Crippen LogP contribution is -2.44. The van der Waals surface area contributed by atoms with E-state index < -0.39 is 30.9 Å². The summed E-state index contributed by atoms with van der Waals surface area (Å²) >= 11 is 42.5. The van der Waals surface area contributed by atoms with Crippen molar-refractivity contribution in [3.05, 3.63) is 204 Å². The maximum atomic E-state index is 14.2. The lowest BCUT2D eigenvalue weighted by molar-refractivity contribution is -0.185. The normalized spacial score (nSPS) is 17.4. The zero-order valence-electron chi connectivity index (χ0n) is 38.2. The van der Waals surface area contributed by atoms with E-state index in [0.29, 0.717) is 37.4 Å². The second-order valence-electron chi connectivity index (χ2n) is 16.6. The van der Waals surface area contributed by atoms with Crippen LogP contribution in [0.4, 0.5) is 37.7 Å². The lowest BCUT2D eigenvalue weighted by atomic mass is 9.79. The van der Waals surface area contributed by atoms with Crippen molar-refractivity contribution in [2.75, 3.05) is 36.0 Å². The van der Waals surface area contributed by atoms with Crippen LogP contribution in [0.25, 0.3) is 20.9 Å². The maximum Gasteiger partial charge on any atom is 0.525 e. The number of alkyl halides is 6. The van der Waals surface area contributed by atoms with Crippen molar-refractivity contribution >= 4 is 121 Å². The Balaban J connectivity index is 0.000000187. The summed E-state index contributed by atoms with van der Waals surface area (Å²) < 4.78 is 109. The Labute approximate surface area is 472 Å². The second-order valence-corrected chi connectivity index (χ2v) is 22.1. The molecule has 2 atom stereocenters. The Morgan fingerprint density at radius 3 is 1.33 bits per heavy atom. The Bertz CT molecular complexity index is 3080. The quantitative estimate of drug-likeness (QED) is 0.0321. The first-order valence-corrected chi connectivity index (χ1v) is 27.0. The summed E-state index contributed by atoms with van der Waals surface area (Å²) in [4.78, 5) is 11.7. The van der Waals surface area contributed by atoms with Crippen molar-refractivity contribution in [1.82, 2.24) is 0 Å². The number of rotatable bonds is 12. The molecule has 0 aliphatic carbocycles. The predicted molar refractivity (Wildman–Crippen MR) is 290 cm³/mol. The first-order valence-electron chi connectivity index (χ1n) is 21.7. The summed E-state index contributed by atoms with van der Waals surface area (Å²) in [7, 11) is -3.95. The Hall–Kier alpha value is -4.39. The van der Waals surface area contributed by atoms with E-state index in [9.17, 15) is 36.0 Å². The predicted octanol–water partition coefficient (Wildman–Crippen LogP) is 19.1. The number of hydrogen-bond acceptors (Lipinski definition) is 7. The summed E-state index contributed by atoms with van der Waals surface area (Å²) in [5.41, 5.74) is 15.4. The minimum Gasteiger partial charge on any atom is -0.411 e. The third kappa shape index (κ3) is 14.2. The van der Waals surface area contributed by atoms with Crippen molar-refractivity contribution in [3.8, 4) is 11.5 Å². The van der Waals surface area contributed by atoms with Crippen molar-refractivity contribution in [1.29, 1.82) is 0 Å². The molecule has 27 heteroatoms. The molecule has 0 spiro atoms. The zero-order valence-corrected chi connectivity index (χ0v) is 46.8. The number of azide groups is 2. The second kappa shape index (κ2) is 25.4. The first kappa shape index (κ1) is 59.8. The molecule has 0 radical (unpaired) electrons. The number of aliphatic hydroxyl groups is 1. The van der Waals surface area contributed by atoms with E-state index in [-0.39, 0.29) is 93.4 Å². The van der Waals surface area contributed by atoms with Crippen molar-refractivity contribution in [3.63, 3.8) is 0 Å². The fourth-order valence-corrected chi connectivity index (χ4v) is 11.3. The Kier molecular flexibility index (Phi) is 20.3. The van der Waals surface area contributed by atoms with Gasteiger partial charge in [-0.3, -0.25) is 0 Å². The van der Waals surface area contributed by atoms with E-state index in [1.54, 1.807) is 107 Å². The van der Waals surface area contributed by atoms with Crippen LogP contribution in [0.15, 0.2) is 140 Å². The van der Waals surface area contributed by atoms with Crippen molar-refractivity contribution < 1.29 is 45.1 Å². The van der Waals surface area contributed by atoms with Crippen LogP contribution in [0.3, 0.4) is 0 Å². The van der Waals surface area contributed by atoms with Gasteiger partial charge in [-0.2, -0.15) is 26.3 Å². The number of hydrogen-bond donors (Lipinski definition) is 1. The standard InChI is InChI=1S/C18H13BrCl3F3N4.C18H14BrCl3F3NO.C12H10N3O3P/c19-13-7-12(2-1-10(13)8-27-28-26)29-4-3-17(9-29,18(23,24)25)11-5-14(20)16(22)15(21)6-11;19-13-7-12(2-1-10(13)8-27)26-4-3-17(9-26,18(23,24)25)11-5-14(20)16(22)15(21)6-11;13-14-15-19(16,17-11-7-3-1-4-8-11)18-12-9-5-2-6-10-12/h1-2,5-7H,3-4,8-9H2;1-2,5-7,27H,3-4,8-9H2;1-10H. The molecule has 8 rings (SSSR count). The summed E-state index contributed by atoms with van der Waals surface area (Å²) in [5, 5.41) is 12.8. The Morgan fingerprint density at radius 1 is 0.613 bits per heavy atom. The zero-order chi connectivity index (χ0) is 54.9. The molecule has 2 heterocycles. The van der Waals surface area contributed by atoms with Crippen LogP contribution >= 0.6 is 109 Å². The van der Waals surface area contributed by atoms with Gasteiger partial charge in [-0.25, -0.2) is 4.57 Å². The van der Waals surface area contributed by atoms with E-state index in [2.05, 4.69) is 51.7 Å². The van der Waals surface area contributed by atoms with Gasteiger partial charge in [0.2, 0.25) is 0 Å². The van der Waals surface area contributed by atoms with Gasteiger partial charge in [0.25, 0.3) is 0 Å². The molecule has 6 aromatic carbocycles. The van der Waals surface area contributed by atoms with Gasteiger partial charge in [0.15, 0.2) is 0 Å². The van der Waals surface area contributed by atoms with E-state index >= 15 is 0 Å². The summed E-state index contributed by atoms with van der Waals surface area (Å²) in [6, 6.07) is 32.0. The number of halogens is 14. The molecule has 6 aromatic rings. The highest BCUT2D eigenvalue weighted by molar-refractivity contribution is 9.10. The molecule has 0 bridgehead atoms. The van der Waals surface area contributed by atoms with Gasteiger partial charge < -0.3 is 24.0 Å². The molecule has 0 saturated carbocycles. The van der Waals surface area contributed by atoms with Crippen LogP contribution < -0.4 is 18.8 Å². The van der Waals surface area contributed by atoms with Crippen LogP contribution in [-0.2, 0) is 28.5 Å². The van der Waals surface area contributed by atoms with E-state index in [4.69, 9.17) is 89.7 Å². The molecular formula is C48H37Br2Cl6F6N8O4P. The molecule has 0 amide bonds. The lowest BCUT2D eigenvalue weighted by Gasteiger charge is -2.33. The molecular weight excluding hydrogens is 1270 g/mol. The fourth-order valence-electron chi connectivity index (χ4n) is 8.15. The third-order valence-corrected chi connectivity index (χ3v) is 17.1. The van der Waals surface area contributed by atoms with Gasteiger partial charge in [-0.15, -0.1) is 0 Å². The van der Waals surface area contributed by atoms with Gasteiger partial charge in [0, 0.05) is 61.2 Å². The minimum absolute atomic E-state index is 0.00273. The van der Waals surface area contributed by atoms with Crippen LogP contribution in [0.5, 0.6) is 11.5 Å². The molecule has 2 saturated heterocycles. The molecule has 0 aromatic heterocycles. The highest BCUT2D eigenvalue weighted by Gasteiger charge is 2.60. The molecule has 396 valence electrons. The van der Waals surface area contributed by atoms with Crippen molar-refractivity contribution in [2.45, 2.75) is 49.2 Å². The number of benzene rings is 6. The number of aliphatic hydroxyl groups excluding tert-OH is 1. The Morgan fingerprint density at radius 2 is 1.00 bits per heavy atom. The largest absolute Gasteiger partial charge is 0.525 e. The molecule has 2 aliphatic heterocycles.